The average Bonchev–Trinajstić information content (AvgIpc) is 2.50. The van der Waals surface area contributed by atoms with Crippen molar-refractivity contribution in [2.24, 2.45) is 22.0 Å². The van der Waals surface area contributed by atoms with Crippen molar-refractivity contribution in [1.82, 2.24) is 0 Å². The number of hydrogen-bond acceptors (Lipinski definition) is 2. The Bertz CT molecular complexity index is 593. The second-order valence-corrected chi connectivity index (χ2v) is 6.55. The molecule has 1 aromatic rings. The van der Waals surface area contributed by atoms with Crippen LogP contribution in [0.1, 0.15) is 63.5 Å². The number of rotatable bonds is 2. The standard InChI is InChI=1S/C20H26N2/c1-3-8-16-11-13-17(14-12-16)20-19-10-7-5-4-6-9-18(19)15(2)21-22-20/h3,8,11-14,18-19H,4-7,9-10H2,1-2H3/b8-3+. The van der Waals surface area contributed by atoms with Crippen LogP contribution in [-0.2, 0) is 0 Å². The molecular weight excluding hydrogens is 268 g/mol. The second kappa shape index (κ2) is 7.04. The molecule has 0 N–H and O–H groups in total. The van der Waals surface area contributed by atoms with Gasteiger partial charge in [-0.2, -0.15) is 10.2 Å². The smallest absolute Gasteiger partial charge is 0.0740 e. The Morgan fingerprint density at radius 2 is 1.59 bits per heavy atom. The molecule has 1 aromatic carbocycles. The zero-order chi connectivity index (χ0) is 15.4. The maximum atomic E-state index is 4.60. The Morgan fingerprint density at radius 3 is 2.27 bits per heavy atom. The number of benzene rings is 1. The Kier molecular flexibility index (Phi) is 4.87. The Labute approximate surface area is 134 Å². The van der Waals surface area contributed by atoms with E-state index in [2.05, 4.69) is 60.5 Å². The van der Waals surface area contributed by atoms with Crippen LogP contribution in [0.3, 0.4) is 0 Å². The van der Waals surface area contributed by atoms with Crippen molar-refractivity contribution < 1.29 is 0 Å². The quantitative estimate of drug-likeness (QED) is 0.689. The van der Waals surface area contributed by atoms with E-state index < -0.39 is 0 Å². The van der Waals surface area contributed by atoms with Gasteiger partial charge in [-0.3, -0.25) is 0 Å². The molecule has 1 aliphatic carbocycles. The molecule has 1 saturated carbocycles. The zero-order valence-corrected chi connectivity index (χ0v) is 13.8. The van der Waals surface area contributed by atoms with E-state index in [0.29, 0.717) is 11.8 Å². The molecule has 2 unspecified atom stereocenters. The van der Waals surface area contributed by atoms with Crippen LogP contribution in [0.2, 0.25) is 0 Å². The van der Waals surface area contributed by atoms with Crippen molar-refractivity contribution >= 4 is 17.5 Å². The Morgan fingerprint density at radius 1 is 0.909 bits per heavy atom. The first kappa shape index (κ1) is 15.2. The zero-order valence-electron chi connectivity index (χ0n) is 13.8. The molecule has 2 heteroatoms. The molecule has 2 aliphatic rings. The van der Waals surface area contributed by atoms with Gasteiger partial charge in [0.25, 0.3) is 0 Å². The van der Waals surface area contributed by atoms with Crippen molar-refractivity contribution in [1.29, 1.82) is 0 Å². The average molecular weight is 294 g/mol. The summed E-state index contributed by atoms with van der Waals surface area (Å²) in [5.74, 6) is 1.16. The molecule has 22 heavy (non-hydrogen) atoms. The van der Waals surface area contributed by atoms with Gasteiger partial charge in [-0.25, -0.2) is 0 Å². The van der Waals surface area contributed by atoms with E-state index in [4.69, 9.17) is 0 Å². The summed E-state index contributed by atoms with van der Waals surface area (Å²) in [6.07, 6.45) is 12.1. The highest BCUT2D eigenvalue weighted by molar-refractivity contribution is 6.06. The first-order chi connectivity index (χ1) is 10.8. The fraction of sp³-hybridized carbons (Fsp3) is 0.500. The van der Waals surface area contributed by atoms with Gasteiger partial charge in [0.2, 0.25) is 0 Å². The van der Waals surface area contributed by atoms with Crippen LogP contribution >= 0.6 is 0 Å². The van der Waals surface area contributed by atoms with E-state index >= 15 is 0 Å². The van der Waals surface area contributed by atoms with Gasteiger partial charge in [0.15, 0.2) is 0 Å². The Balaban J connectivity index is 1.90. The molecule has 1 fully saturated rings. The molecule has 1 heterocycles. The van der Waals surface area contributed by atoms with Gasteiger partial charge in [0.05, 0.1) is 5.71 Å². The highest BCUT2D eigenvalue weighted by Gasteiger charge is 2.32. The SMILES string of the molecule is C/C=C/c1ccc(C2=NN=C(C)C3CCCCCCC23)cc1. The largest absolute Gasteiger partial charge is 0.160 e. The number of allylic oxidation sites excluding steroid dienone is 1. The third-order valence-corrected chi connectivity index (χ3v) is 5.03. The predicted molar refractivity (Wildman–Crippen MR) is 95.5 cm³/mol. The van der Waals surface area contributed by atoms with Crippen molar-refractivity contribution in [3.63, 3.8) is 0 Å². The summed E-state index contributed by atoms with van der Waals surface area (Å²) in [7, 11) is 0. The van der Waals surface area contributed by atoms with Crippen LogP contribution in [-0.4, -0.2) is 11.4 Å². The number of nitrogens with zero attached hydrogens (tertiary/aromatic N) is 2. The predicted octanol–water partition coefficient (Wildman–Crippen LogP) is 5.48. The van der Waals surface area contributed by atoms with E-state index in [1.54, 1.807) is 0 Å². The summed E-state index contributed by atoms with van der Waals surface area (Å²) in [4.78, 5) is 0. The van der Waals surface area contributed by atoms with Crippen LogP contribution in [0.5, 0.6) is 0 Å². The number of hydrogen-bond donors (Lipinski definition) is 0. The summed E-state index contributed by atoms with van der Waals surface area (Å²) in [6, 6.07) is 8.78. The lowest BCUT2D eigenvalue weighted by Gasteiger charge is -2.32. The van der Waals surface area contributed by atoms with Crippen LogP contribution < -0.4 is 0 Å². The van der Waals surface area contributed by atoms with Gasteiger partial charge in [-0.05, 0) is 37.8 Å². The highest BCUT2D eigenvalue weighted by atomic mass is 15.2. The van der Waals surface area contributed by atoms with Gasteiger partial charge < -0.3 is 0 Å². The molecule has 116 valence electrons. The van der Waals surface area contributed by atoms with Crippen LogP contribution in [0.15, 0.2) is 40.5 Å². The third-order valence-electron chi connectivity index (χ3n) is 5.03. The first-order valence-electron chi connectivity index (χ1n) is 8.65. The van der Waals surface area contributed by atoms with Crippen LogP contribution in [0.4, 0.5) is 0 Å². The summed E-state index contributed by atoms with van der Waals surface area (Å²) < 4.78 is 0. The van der Waals surface area contributed by atoms with Gasteiger partial charge >= 0.3 is 0 Å². The topological polar surface area (TPSA) is 24.7 Å². The minimum absolute atomic E-state index is 0.561. The van der Waals surface area contributed by atoms with Crippen molar-refractivity contribution in [2.45, 2.75) is 52.4 Å². The molecule has 2 nitrogen and oxygen atoms in total. The van der Waals surface area contributed by atoms with E-state index in [0.717, 1.165) is 0 Å². The number of fused-ring (bicyclic) bond motifs is 1. The molecule has 0 amide bonds. The van der Waals surface area contributed by atoms with E-state index in [9.17, 15) is 0 Å². The molecule has 0 saturated heterocycles. The van der Waals surface area contributed by atoms with Gasteiger partial charge in [0, 0.05) is 17.5 Å². The van der Waals surface area contributed by atoms with E-state index in [-0.39, 0.29) is 0 Å². The molecule has 3 rings (SSSR count). The lowest BCUT2D eigenvalue weighted by atomic mass is 9.74. The lowest BCUT2D eigenvalue weighted by Crippen LogP contribution is -2.33. The summed E-state index contributed by atoms with van der Waals surface area (Å²) in [6.45, 7) is 4.21. The fourth-order valence-corrected chi connectivity index (χ4v) is 3.82. The van der Waals surface area contributed by atoms with Crippen molar-refractivity contribution in [3.05, 3.63) is 41.5 Å². The minimum Gasteiger partial charge on any atom is -0.160 e. The molecule has 1 aliphatic heterocycles. The molecule has 2 atom stereocenters. The maximum absolute atomic E-state index is 4.60. The van der Waals surface area contributed by atoms with Gasteiger partial charge in [0.1, 0.15) is 0 Å². The molecular formula is C20H26N2. The maximum Gasteiger partial charge on any atom is 0.0740 e. The van der Waals surface area contributed by atoms with Crippen molar-refractivity contribution in [3.8, 4) is 0 Å². The monoisotopic (exact) mass is 294 g/mol. The molecule has 0 radical (unpaired) electrons. The molecule has 0 spiro atoms. The van der Waals surface area contributed by atoms with Gasteiger partial charge in [-0.1, -0.05) is 62.1 Å². The van der Waals surface area contributed by atoms with E-state index in [1.807, 2.05) is 0 Å². The van der Waals surface area contributed by atoms with Crippen molar-refractivity contribution in [2.75, 3.05) is 0 Å². The Hall–Kier alpha value is -1.70. The molecule has 0 aromatic heterocycles. The van der Waals surface area contributed by atoms with Crippen LogP contribution in [0.25, 0.3) is 6.08 Å². The van der Waals surface area contributed by atoms with E-state index in [1.165, 1.54) is 61.1 Å². The van der Waals surface area contributed by atoms with Crippen LogP contribution in [0, 0.1) is 11.8 Å². The lowest BCUT2D eigenvalue weighted by molar-refractivity contribution is 0.390. The van der Waals surface area contributed by atoms with Gasteiger partial charge in [-0.15, -0.1) is 0 Å². The minimum atomic E-state index is 0.561. The first-order valence-corrected chi connectivity index (χ1v) is 8.65. The second-order valence-electron chi connectivity index (χ2n) is 6.55. The summed E-state index contributed by atoms with van der Waals surface area (Å²) >= 11 is 0. The summed E-state index contributed by atoms with van der Waals surface area (Å²) in [5, 5.41) is 9.09. The normalized spacial score (nSPS) is 25.9. The third kappa shape index (κ3) is 3.21. The fourth-order valence-electron chi connectivity index (χ4n) is 3.82. The molecule has 0 bridgehead atoms. The highest BCUT2D eigenvalue weighted by Crippen LogP contribution is 2.34. The summed E-state index contributed by atoms with van der Waals surface area (Å²) in [5.41, 5.74) is 4.95.